The maximum absolute atomic E-state index is 13.8. The van der Waals surface area contributed by atoms with Crippen molar-refractivity contribution >= 4 is 29.5 Å². The number of carbonyl (C=O) groups is 3. The van der Waals surface area contributed by atoms with Crippen molar-refractivity contribution in [2.75, 3.05) is 12.5 Å². The van der Waals surface area contributed by atoms with Crippen LogP contribution in [0.25, 0.3) is 0 Å². The average molecular weight is 622 g/mol. The molecule has 12 heteroatoms. The highest BCUT2D eigenvalue weighted by Gasteiger charge is 2.49. The second-order valence-electron chi connectivity index (χ2n) is 11.8. The monoisotopic (exact) mass is 621 g/mol. The van der Waals surface area contributed by atoms with E-state index < -0.39 is 46.8 Å². The summed E-state index contributed by atoms with van der Waals surface area (Å²) in [6.45, 7) is 4.01. The van der Waals surface area contributed by atoms with Crippen molar-refractivity contribution in [1.29, 1.82) is 0 Å². The van der Waals surface area contributed by atoms with Crippen LogP contribution in [0.4, 0.5) is 0 Å². The average Bonchev–Trinajstić information content (AvgIpc) is 3.57. The molecular formula is C32H39N5O6S. The molecule has 4 N–H and O–H groups in total. The highest BCUT2D eigenvalue weighted by atomic mass is 32.2. The second-order valence-corrected chi connectivity index (χ2v) is 13.4. The molecule has 11 nitrogen and oxygen atoms in total. The van der Waals surface area contributed by atoms with Crippen molar-refractivity contribution in [2.24, 2.45) is 13.0 Å². The van der Waals surface area contributed by atoms with Gasteiger partial charge in [-0.3, -0.25) is 14.4 Å². The number of aryl methyl sites for hydroxylation is 1. The number of hydrogen-bond donors (Lipinski definition) is 4. The number of benzene rings is 2. The zero-order chi connectivity index (χ0) is 31.4. The van der Waals surface area contributed by atoms with Crippen LogP contribution >= 0.6 is 11.8 Å². The van der Waals surface area contributed by atoms with Crippen LogP contribution in [-0.2, 0) is 34.4 Å². The molecule has 1 saturated heterocycles. The number of imidazole rings is 1. The Balaban J connectivity index is 1.32. The first-order valence-corrected chi connectivity index (χ1v) is 15.6. The Bertz CT molecular complexity index is 1480. The number of amides is 3. The van der Waals surface area contributed by atoms with Crippen LogP contribution in [0.1, 0.15) is 43.3 Å². The molecule has 3 heterocycles. The number of thioether (sulfide) groups is 1. The van der Waals surface area contributed by atoms with Crippen molar-refractivity contribution in [3.05, 3.63) is 83.9 Å². The molecule has 2 aromatic carbocycles. The molecule has 1 aromatic heterocycles. The summed E-state index contributed by atoms with van der Waals surface area (Å²) in [6.07, 6.45) is 1.04. The van der Waals surface area contributed by atoms with E-state index in [0.717, 1.165) is 5.56 Å². The van der Waals surface area contributed by atoms with E-state index in [1.54, 1.807) is 29.1 Å². The van der Waals surface area contributed by atoms with Gasteiger partial charge in [-0.05, 0) is 38.3 Å². The Morgan fingerprint density at radius 1 is 1.14 bits per heavy atom. The van der Waals surface area contributed by atoms with Crippen LogP contribution in [0.2, 0.25) is 0 Å². The van der Waals surface area contributed by atoms with Crippen molar-refractivity contribution < 1.29 is 29.3 Å². The zero-order valence-electron chi connectivity index (χ0n) is 25.1. The number of aliphatic hydroxyl groups excluding tert-OH is 2. The standard InChI is InChI=1S/C32H39N5O6S/c1-32(2)28(30(41)34-17-26-33-13-14-36(26)3)37(19-44-32)31(42)23(38)16-21(15-20-9-5-4-6-10-20)29(40)35-27-22-11-7-8-12-25(22)43-18-24(27)39/h4-14,21,23-24,27-28,38-39H,15-19H2,1-3H3,(H,34,41)(H,35,40)/t21-,23-,24+,27-,28+/m0/s1. The second kappa shape index (κ2) is 13.4. The Hall–Kier alpha value is -3.87. The van der Waals surface area contributed by atoms with E-state index in [1.807, 2.05) is 63.4 Å². The van der Waals surface area contributed by atoms with Crippen molar-refractivity contribution in [2.45, 2.75) is 62.3 Å². The Morgan fingerprint density at radius 2 is 1.86 bits per heavy atom. The molecule has 0 saturated carbocycles. The molecular weight excluding hydrogens is 582 g/mol. The largest absolute Gasteiger partial charge is 0.490 e. The van der Waals surface area contributed by atoms with Gasteiger partial charge in [0.25, 0.3) is 5.91 Å². The number of ether oxygens (including phenoxy) is 1. The SMILES string of the molecule is Cn1ccnc1CNC(=O)[C@H]1N(C(=O)[C@@H](O)C[C@H](Cc2ccccc2)C(=O)N[C@H]2c3ccccc3OC[C@H]2O)CSC1(C)C. The van der Waals surface area contributed by atoms with Gasteiger partial charge in [-0.2, -0.15) is 0 Å². The number of aliphatic hydroxyl groups is 2. The molecule has 3 aromatic rings. The van der Waals surface area contributed by atoms with Crippen LogP contribution < -0.4 is 15.4 Å². The molecule has 0 aliphatic carbocycles. The molecule has 0 unspecified atom stereocenters. The van der Waals surface area contributed by atoms with Gasteiger partial charge in [0.1, 0.15) is 36.4 Å². The Labute approximate surface area is 261 Å². The third-order valence-corrected chi connectivity index (χ3v) is 9.63. The van der Waals surface area contributed by atoms with Gasteiger partial charge in [0.15, 0.2) is 0 Å². The smallest absolute Gasteiger partial charge is 0.252 e. The van der Waals surface area contributed by atoms with E-state index in [1.165, 1.54) is 16.7 Å². The first-order valence-electron chi connectivity index (χ1n) is 14.7. The summed E-state index contributed by atoms with van der Waals surface area (Å²) in [6, 6.07) is 15.0. The van der Waals surface area contributed by atoms with E-state index >= 15 is 0 Å². The fourth-order valence-electron chi connectivity index (χ4n) is 5.78. The predicted molar refractivity (Wildman–Crippen MR) is 165 cm³/mol. The van der Waals surface area contributed by atoms with Gasteiger partial charge in [0.05, 0.1) is 18.5 Å². The van der Waals surface area contributed by atoms with Gasteiger partial charge in [-0.25, -0.2) is 4.98 Å². The lowest BCUT2D eigenvalue weighted by Crippen LogP contribution is -2.55. The first-order chi connectivity index (χ1) is 21.0. The highest BCUT2D eigenvalue weighted by Crippen LogP contribution is 2.40. The summed E-state index contributed by atoms with van der Waals surface area (Å²) in [5.41, 5.74) is 1.52. The first kappa shape index (κ1) is 31.6. The molecule has 234 valence electrons. The van der Waals surface area contributed by atoms with E-state index in [4.69, 9.17) is 4.74 Å². The van der Waals surface area contributed by atoms with Gasteiger partial charge in [0.2, 0.25) is 11.8 Å². The normalized spacial score (nSPS) is 21.9. The minimum Gasteiger partial charge on any atom is -0.490 e. The molecule has 0 bridgehead atoms. The number of nitrogens with one attached hydrogen (secondary N) is 2. The van der Waals surface area contributed by atoms with Crippen LogP contribution in [-0.4, -0.2) is 77.9 Å². The number of fused-ring (bicyclic) bond motifs is 1. The van der Waals surface area contributed by atoms with Gasteiger partial charge in [-0.15, -0.1) is 11.8 Å². The van der Waals surface area contributed by atoms with Crippen LogP contribution in [0.5, 0.6) is 5.75 Å². The van der Waals surface area contributed by atoms with E-state index in [2.05, 4.69) is 15.6 Å². The minimum absolute atomic E-state index is 0.0262. The lowest BCUT2D eigenvalue weighted by molar-refractivity contribution is -0.147. The van der Waals surface area contributed by atoms with Crippen LogP contribution in [0, 0.1) is 5.92 Å². The maximum Gasteiger partial charge on any atom is 0.252 e. The van der Waals surface area contributed by atoms with Crippen LogP contribution in [0.15, 0.2) is 67.0 Å². The van der Waals surface area contributed by atoms with Crippen molar-refractivity contribution in [1.82, 2.24) is 25.1 Å². The summed E-state index contributed by atoms with van der Waals surface area (Å²) in [5.74, 6) is -0.661. The van der Waals surface area contributed by atoms with E-state index in [0.29, 0.717) is 17.1 Å². The number of rotatable bonds is 10. The summed E-state index contributed by atoms with van der Waals surface area (Å²) < 4.78 is 6.82. The predicted octanol–water partition coefficient (Wildman–Crippen LogP) is 1.94. The third-order valence-electron chi connectivity index (χ3n) is 8.25. The number of carbonyl (C=O) groups excluding carboxylic acids is 3. The highest BCUT2D eigenvalue weighted by molar-refractivity contribution is 8.00. The Morgan fingerprint density at radius 3 is 2.59 bits per heavy atom. The molecule has 2 aliphatic rings. The zero-order valence-corrected chi connectivity index (χ0v) is 25.9. The summed E-state index contributed by atoms with van der Waals surface area (Å²) in [5, 5.41) is 27.8. The van der Waals surface area contributed by atoms with Gasteiger partial charge < -0.3 is 35.1 Å². The fourth-order valence-corrected chi connectivity index (χ4v) is 6.92. The maximum atomic E-state index is 13.8. The summed E-state index contributed by atoms with van der Waals surface area (Å²) >= 11 is 1.45. The van der Waals surface area contributed by atoms with Crippen molar-refractivity contribution in [3.8, 4) is 5.75 Å². The number of hydrogen-bond acceptors (Lipinski definition) is 8. The van der Waals surface area contributed by atoms with E-state index in [-0.39, 0.29) is 37.8 Å². The molecule has 44 heavy (non-hydrogen) atoms. The summed E-state index contributed by atoms with van der Waals surface area (Å²) in [4.78, 5) is 46.5. The lowest BCUT2D eigenvalue weighted by Gasteiger charge is -2.33. The minimum atomic E-state index is -1.53. The van der Waals surface area contributed by atoms with Gasteiger partial charge in [-0.1, -0.05) is 48.5 Å². The Kier molecular flexibility index (Phi) is 9.62. The van der Waals surface area contributed by atoms with Crippen LogP contribution in [0.3, 0.4) is 0 Å². The van der Waals surface area contributed by atoms with Gasteiger partial charge >= 0.3 is 0 Å². The molecule has 3 amide bonds. The number of para-hydroxylation sites is 1. The van der Waals surface area contributed by atoms with Crippen molar-refractivity contribution in [3.63, 3.8) is 0 Å². The molecule has 1 fully saturated rings. The molecule has 0 radical (unpaired) electrons. The molecule has 0 spiro atoms. The van der Waals surface area contributed by atoms with Gasteiger partial charge in [0, 0.05) is 35.7 Å². The topological polar surface area (TPSA) is 146 Å². The number of nitrogens with zero attached hydrogens (tertiary/aromatic N) is 3. The quantitative estimate of drug-likeness (QED) is 0.269. The number of aromatic nitrogens is 2. The summed E-state index contributed by atoms with van der Waals surface area (Å²) in [7, 11) is 1.83. The molecule has 5 atom stereocenters. The van der Waals surface area contributed by atoms with E-state index in [9.17, 15) is 24.6 Å². The molecule has 2 aliphatic heterocycles. The molecule has 5 rings (SSSR count). The fraction of sp³-hybridized carbons (Fsp3) is 0.438. The lowest BCUT2D eigenvalue weighted by atomic mass is 9.90. The third kappa shape index (κ3) is 6.92.